The minimum Gasteiger partial charge on any atom is -0.486 e. The van der Waals surface area contributed by atoms with Gasteiger partial charge in [-0.25, -0.2) is 8.78 Å². The van der Waals surface area contributed by atoms with Gasteiger partial charge < -0.3 is 4.74 Å². The average molecular weight is 338 g/mol. The van der Waals surface area contributed by atoms with Crippen molar-refractivity contribution in [3.8, 4) is 11.8 Å². The van der Waals surface area contributed by atoms with Crippen molar-refractivity contribution in [3.05, 3.63) is 64.7 Å². The average Bonchev–Trinajstić information content (AvgIpc) is 2.46. The van der Waals surface area contributed by atoms with Crippen molar-refractivity contribution in [1.82, 2.24) is 0 Å². The maximum Gasteiger partial charge on any atom is 0.165 e. The molecule has 20 heavy (non-hydrogen) atoms. The van der Waals surface area contributed by atoms with Crippen molar-refractivity contribution >= 4 is 15.9 Å². The summed E-state index contributed by atoms with van der Waals surface area (Å²) in [5, 5.41) is 9.47. The maximum absolute atomic E-state index is 13.7. The molecule has 0 saturated heterocycles. The molecule has 0 unspecified atom stereocenters. The maximum atomic E-state index is 13.7. The number of halogens is 3. The van der Waals surface area contributed by atoms with Crippen LogP contribution in [-0.2, 0) is 11.9 Å². The predicted molar refractivity (Wildman–Crippen MR) is 74.5 cm³/mol. The van der Waals surface area contributed by atoms with Crippen molar-refractivity contribution in [2.24, 2.45) is 0 Å². The van der Waals surface area contributed by atoms with E-state index < -0.39 is 11.6 Å². The summed E-state index contributed by atoms with van der Waals surface area (Å²) in [5.74, 6) is -0.877. The summed E-state index contributed by atoms with van der Waals surface area (Å²) in [4.78, 5) is 0. The Hall–Kier alpha value is -1.93. The third-order valence-electron chi connectivity index (χ3n) is 2.72. The molecule has 0 bridgehead atoms. The topological polar surface area (TPSA) is 33.0 Å². The van der Waals surface area contributed by atoms with E-state index in [4.69, 9.17) is 10.00 Å². The first kappa shape index (κ1) is 14.5. The molecule has 0 aliphatic carbocycles. The highest BCUT2D eigenvalue weighted by atomic mass is 79.9. The van der Waals surface area contributed by atoms with Crippen LogP contribution in [0.5, 0.6) is 5.75 Å². The second-order valence-corrected chi connectivity index (χ2v) is 4.66. The zero-order chi connectivity index (χ0) is 14.5. The molecule has 0 radical (unpaired) electrons. The fraction of sp³-hybridized carbons (Fsp3) is 0.133. The zero-order valence-corrected chi connectivity index (χ0v) is 12.0. The summed E-state index contributed by atoms with van der Waals surface area (Å²) in [5.41, 5.74) is 1.48. The summed E-state index contributed by atoms with van der Waals surface area (Å²) in [6.07, 6.45) is 0. The molecule has 0 atom stereocenters. The third kappa shape index (κ3) is 3.34. The minimum absolute atomic E-state index is 0.0643. The zero-order valence-electron chi connectivity index (χ0n) is 10.4. The van der Waals surface area contributed by atoms with Gasteiger partial charge >= 0.3 is 0 Å². The standard InChI is InChI=1S/C15H10BrF2NO/c16-7-10-1-4-15(14(18)5-10)20-9-12-6-13(17)3-2-11(12)8-19/h1-6H,7,9H2. The highest BCUT2D eigenvalue weighted by molar-refractivity contribution is 9.08. The SMILES string of the molecule is N#Cc1ccc(F)cc1COc1ccc(CBr)cc1F. The molecular formula is C15H10BrF2NO. The molecule has 0 saturated carbocycles. The predicted octanol–water partition coefficient (Wildman–Crippen LogP) is 4.31. The van der Waals surface area contributed by atoms with Crippen LogP contribution in [-0.4, -0.2) is 0 Å². The Bertz CT molecular complexity index is 667. The van der Waals surface area contributed by atoms with E-state index >= 15 is 0 Å². The van der Waals surface area contributed by atoms with Crippen LogP contribution in [0.2, 0.25) is 0 Å². The molecule has 2 rings (SSSR count). The number of hydrogen-bond acceptors (Lipinski definition) is 2. The van der Waals surface area contributed by atoms with Gasteiger partial charge in [0, 0.05) is 10.9 Å². The van der Waals surface area contributed by atoms with Crippen LogP contribution in [0.1, 0.15) is 16.7 Å². The highest BCUT2D eigenvalue weighted by Crippen LogP contribution is 2.21. The van der Waals surface area contributed by atoms with E-state index in [9.17, 15) is 8.78 Å². The summed E-state index contributed by atoms with van der Waals surface area (Å²) < 4.78 is 32.2. The van der Waals surface area contributed by atoms with Gasteiger partial charge in [-0.1, -0.05) is 22.0 Å². The van der Waals surface area contributed by atoms with Crippen LogP contribution in [0.3, 0.4) is 0 Å². The summed E-state index contributed by atoms with van der Waals surface area (Å²) in [6.45, 7) is -0.0643. The van der Waals surface area contributed by atoms with Gasteiger partial charge in [-0.05, 0) is 35.9 Å². The van der Waals surface area contributed by atoms with Crippen LogP contribution >= 0.6 is 15.9 Å². The van der Waals surface area contributed by atoms with Gasteiger partial charge in [0.05, 0.1) is 11.6 Å². The number of hydrogen-bond donors (Lipinski definition) is 0. The van der Waals surface area contributed by atoms with Crippen LogP contribution in [0.25, 0.3) is 0 Å². The van der Waals surface area contributed by atoms with Crippen LogP contribution in [0, 0.1) is 23.0 Å². The van der Waals surface area contributed by atoms with Crippen molar-refractivity contribution < 1.29 is 13.5 Å². The Morgan fingerprint density at radius 2 is 1.95 bits per heavy atom. The molecule has 2 nitrogen and oxygen atoms in total. The molecule has 0 N–H and O–H groups in total. The third-order valence-corrected chi connectivity index (χ3v) is 3.37. The molecule has 2 aromatic carbocycles. The van der Waals surface area contributed by atoms with Gasteiger partial charge in [0.2, 0.25) is 0 Å². The molecule has 2 aromatic rings. The van der Waals surface area contributed by atoms with E-state index in [1.807, 2.05) is 6.07 Å². The largest absolute Gasteiger partial charge is 0.486 e. The van der Waals surface area contributed by atoms with Gasteiger partial charge in [0.15, 0.2) is 11.6 Å². The lowest BCUT2D eigenvalue weighted by atomic mass is 10.1. The minimum atomic E-state index is -0.489. The van der Waals surface area contributed by atoms with Gasteiger partial charge in [0.1, 0.15) is 12.4 Å². The van der Waals surface area contributed by atoms with Crippen molar-refractivity contribution in [3.63, 3.8) is 0 Å². The van der Waals surface area contributed by atoms with Crippen molar-refractivity contribution in [2.45, 2.75) is 11.9 Å². The highest BCUT2D eigenvalue weighted by Gasteiger charge is 2.08. The summed E-state index contributed by atoms with van der Waals surface area (Å²) in [7, 11) is 0. The first-order chi connectivity index (χ1) is 9.63. The molecule has 0 amide bonds. The van der Waals surface area contributed by atoms with E-state index in [0.717, 1.165) is 5.56 Å². The molecule has 0 spiro atoms. The molecular weight excluding hydrogens is 328 g/mol. The molecule has 102 valence electrons. The van der Waals surface area contributed by atoms with Gasteiger partial charge in [0.25, 0.3) is 0 Å². The van der Waals surface area contributed by atoms with Crippen LogP contribution in [0.4, 0.5) is 8.78 Å². The Morgan fingerprint density at radius 1 is 1.15 bits per heavy atom. The van der Waals surface area contributed by atoms with E-state index in [-0.39, 0.29) is 12.4 Å². The Kier molecular flexibility index (Phi) is 4.70. The van der Waals surface area contributed by atoms with E-state index in [1.165, 1.54) is 30.3 Å². The molecule has 5 heteroatoms. The van der Waals surface area contributed by atoms with E-state index in [1.54, 1.807) is 6.07 Å². The van der Waals surface area contributed by atoms with Crippen LogP contribution < -0.4 is 4.74 Å². The second kappa shape index (κ2) is 6.49. The van der Waals surface area contributed by atoms with Crippen LogP contribution in [0.15, 0.2) is 36.4 Å². The number of nitriles is 1. The Balaban J connectivity index is 2.17. The van der Waals surface area contributed by atoms with Crippen molar-refractivity contribution in [1.29, 1.82) is 5.26 Å². The summed E-state index contributed by atoms with van der Waals surface area (Å²) >= 11 is 3.23. The van der Waals surface area contributed by atoms with E-state index in [2.05, 4.69) is 15.9 Å². The fourth-order valence-corrected chi connectivity index (χ4v) is 2.04. The number of ether oxygens (including phenoxy) is 1. The lowest BCUT2D eigenvalue weighted by molar-refractivity contribution is 0.289. The summed E-state index contributed by atoms with van der Waals surface area (Å²) in [6, 6.07) is 10.3. The number of benzene rings is 2. The van der Waals surface area contributed by atoms with Crippen molar-refractivity contribution in [2.75, 3.05) is 0 Å². The van der Waals surface area contributed by atoms with E-state index in [0.29, 0.717) is 16.5 Å². The lowest BCUT2D eigenvalue weighted by Gasteiger charge is -2.09. The first-order valence-electron chi connectivity index (χ1n) is 5.79. The number of nitrogens with zero attached hydrogens (tertiary/aromatic N) is 1. The molecule has 0 heterocycles. The molecule has 0 aromatic heterocycles. The smallest absolute Gasteiger partial charge is 0.165 e. The van der Waals surface area contributed by atoms with Gasteiger partial charge in [-0.2, -0.15) is 5.26 Å². The number of alkyl halides is 1. The molecule has 0 aliphatic heterocycles. The monoisotopic (exact) mass is 337 g/mol. The number of rotatable bonds is 4. The fourth-order valence-electron chi connectivity index (χ4n) is 1.69. The molecule has 0 aliphatic rings. The molecule has 0 fully saturated rings. The quantitative estimate of drug-likeness (QED) is 0.779. The van der Waals surface area contributed by atoms with Gasteiger partial charge in [-0.3, -0.25) is 0 Å². The lowest BCUT2D eigenvalue weighted by Crippen LogP contribution is -2.01. The Morgan fingerprint density at radius 3 is 2.60 bits per heavy atom. The Labute approximate surface area is 123 Å². The first-order valence-corrected chi connectivity index (χ1v) is 6.92. The van der Waals surface area contributed by atoms with Gasteiger partial charge in [-0.15, -0.1) is 0 Å². The normalized spacial score (nSPS) is 10.1. The second-order valence-electron chi connectivity index (χ2n) is 4.10.